The number of amides is 2. The normalized spacial score (nSPS) is 11.6. The highest BCUT2D eigenvalue weighted by Gasteiger charge is 2.30. The summed E-state index contributed by atoms with van der Waals surface area (Å²) < 4.78 is 14.3. The van der Waals surface area contributed by atoms with Gasteiger partial charge in [0.05, 0.1) is 6.42 Å². The highest BCUT2D eigenvalue weighted by atomic mass is 35.5. The van der Waals surface area contributed by atoms with Crippen molar-refractivity contribution in [1.82, 2.24) is 10.2 Å². The number of rotatable bonds is 10. The highest BCUT2D eigenvalue weighted by molar-refractivity contribution is 6.30. The van der Waals surface area contributed by atoms with Gasteiger partial charge in [0, 0.05) is 24.5 Å². The maximum atomic E-state index is 14.3. The number of carbonyl (C=O) groups is 2. The first-order chi connectivity index (χ1) is 16.0. The number of benzene rings is 3. The lowest BCUT2D eigenvalue weighted by Crippen LogP contribution is -2.51. The Balaban J connectivity index is 1.95. The summed E-state index contributed by atoms with van der Waals surface area (Å²) in [5.41, 5.74) is 2.08. The summed E-state index contributed by atoms with van der Waals surface area (Å²) >= 11 is 6.03. The topological polar surface area (TPSA) is 49.4 Å². The standard InChI is InChI=1S/C27H28ClFN2O2/c1-2-16-30-27(33)25(17-20-8-4-3-5-9-20)31(19-21-12-14-23(28)15-13-21)26(32)18-22-10-6-7-11-24(22)29/h3-15,25H,2,16-19H2,1H3,(H,30,33)/t25-/m1/s1. The average Bonchev–Trinajstić information content (AvgIpc) is 2.83. The molecule has 33 heavy (non-hydrogen) atoms. The van der Waals surface area contributed by atoms with Crippen molar-refractivity contribution in [2.24, 2.45) is 0 Å². The van der Waals surface area contributed by atoms with Crippen molar-refractivity contribution in [3.63, 3.8) is 0 Å². The molecule has 0 aromatic heterocycles. The van der Waals surface area contributed by atoms with Gasteiger partial charge in [-0.3, -0.25) is 9.59 Å². The third-order valence-electron chi connectivity index (χ3n) is 5.39. The van der Waals surface area contributed by atoms with Gasteiger partial charge < -0.3 is 10.2 Å². The predicted molar refractivity (Wildman–Crippen MR) is 129 cm³/mol. The molecular weight excluding hydrogens is 439 g/mol. The molecule has 6 heteroatoms. The zero-order valence-corrected chi connectivity index (χ0v) is 19.4. The van der Waals surface area contributed by atoms with E-state index >= 15 is 0 Å². The van der Waals surface area contributed by atoms with Gasteiger partial charge in [-0.05, 0) is 41.3 Å². The minimum Gasteiger partial charge on any atom is -0.354 e. The molecule has 1 N–H and O–H groups in total. The average molecular weight is 467 g/mol. The number of hydrogen-bond acceptors (Lipinski definition) is 2. The molecule has 0 saturated heterocycles. The molecule has 172 valence electrons. The van der Waals surface area contributed by atoms with Gasteiger partial charge in [-0.25, -0.2) is 4.39 Å². The van der Waals surface area contributed by atoms with E-state index in [1.165, 1.54) is 6.07 Å². The minimum atomic E-state index is -0.742. The minimum absolute atomic E-state index is 0.132. The summed E-state index contributed by atoms with van der Waals surface area (Å²) in [5, 5.41) is 3.52. The molecule has 0 aliphatic rings. The van der Waals surface area contributed by atoms with Crippen LogP contribution in [0, 0.1) is 5.82 Å². The first-order valence-electron chi connectivity index (χ1n) is 11.1. The predicted octanol–water partition coefficient (Wildman–Crippen LogP) is 5.19. The van der Waals surface area contributed by atoms with E-state index in [-0.39, 0.29) is 24.8 Å². The summed E-state index contributed by atoms with van der Waals surface area (Å²) in [6.07, 6.45) is 1.00. The van der Waals surface area contributed by atoms with E-state index in [1.54, 1.807) is 35.2 Å². The van der Waals surface area contributed by atoms with E-state index in [9.17, 15) is 14.0 Å². The Bertz CT molecular complexity index is 1060. The van der Waals surface area contributed by atoms with Crippen LogP contribution in [0.25, 0.3) is 0 Å². The summed E-state index contributed by atoms with van der Waals surface area (Å²) in [7, 11) is 0. The fraction of sp³-hybridized carbons (Fsp3) is 0.259. The molecule has 0 saturated carbocycles. The second-order valence-corrected chi connectivity index (χ2v) is 8.35. The van der Waals surface area contributed by atoms with Gasteiger partial charge in [-0.15, -0.1) is 0 Å². The molecule has 0 unspecified atom stereocenters. The van der Waals surface area contributed by atoms with Gasteiger partial charge in [0.15, 0.2) is 0 Å². The Labute approximate surface area is 199 Å². The van der Waals surface area contributed by atoms with Crippen LogP contribution < -0.4 is 5.32 Å². The van der Waals surface area contributed by atoms with Crippen molar-refractivity contribution in [3.05, 3.63) is 106 Å². The number of carbonyl (C=O) groups excluding carboxylic acids is 2. The van der Waals surface area contributed by atoms with Crippen LogP contribution in [-0.4, -0.2) is 29.3 Å². The third kappa shape index (κ3) is 7.16. The molecule has 4 nitrogen and oxygen atoms in total. The van der Waals surface area contributed by atoms with E-state index in [2.05, 4.69) is 5.32 Å². The van der Waals surface area contributed by atoms with E-state index < -0.39 is 11.9 Å². The molecule has 0 fully saturated rings. The summed E-state index contributed by atoms with van der Waals surface area (Å²) in [5.74, 6) is -0.980. The van der Waals surface area contributed by atoms with Crippen molar-refractivity contribution < 1.29 is 14.0 Å². The molecular formula is C27H28ClFN2O2. The van der Waals surface area contributed by atoms with Crippen LogP contribution in [0.15, 0.2) is 78.9 Å². The Morgan fingerprint density at radius 2 is 1.61 bits per heavy atom. The molecule has 0 bridgehead atoms. The van der Waals surface area contributed by atoms with E-state index in [4.69, 9.17) is 11.6 Å². The quantitative estimate of drug-likeness (QED) is 0.447. The molecule has 3 aromatic carbocycles. The second kappa shape index (κ2) is 12.2. The first-order valence-corrected chi connectivity index (χ1v) is 11.4. The number of nitrogens with one attached hydrogen (secondary N) is 1. The molecule has 0 aliphatic carbocycles. The van der Waals surface area contributed by atoms with Gasteiger partial charge in [-0.2, -0.15) is 0 Å². The van der Waals surface area contributed by atoms with Crippen molar-refractivity contribution >= 4 is 23.4 Å². The van der Waals surface area contributed by atoms with Crippen LogP contribution in [-0.2, 0) is 29.0 Å². The van der Waals surface area contributed by atoms with Crippen molar-refractivity contribution in [2.75, 3.05) is 6.54 Å². The summed E-state index contributed by atoms with van der Waals surface area (Å²) in [6, 6.07) is 22.2. The monoisotopic (exact) mass is 466 g/mol. The summed E-state index contributed by atoms with van der Waals surface area (Å²) in [4.78, 5) is 28.3. The van der Waals surface area contributed by atoms with E-state index in [0.29, 0.717) is 23.6 Å². The van der Waals surface area contributed by atoms with Gasteiger partial charge in [0.25, 0.3) is 0 Å². The first kappa shape index (κ1) is 24.5. The SMILES string of the molecule is CCCNC(=O)[C@@H](Cc1ccccc1)N(Cc1ccc(Cl)cc1)C(=O)Cc1ccccc1F. The van der Waals surface area contributed by atoms with E-state index in [0.717, 1.165) is 17.5 Å². The lowest BCUT2D eigenvalue weighted by Gasteiger charge is -2.31. The fourth-order valence-electron chi connectivity index (χ4n) is 3.61. The van der Waals surface area contributed by atoms with Gasteiger partial charge in [0.1, 0.15) is 11.9 Å². The Morgan fingerprint density at radius 3 is 2.27 bits per heavy atom. The molecule has 0 spiro atoms. The molecule has 0 radical (unpaired) electrons. The number of halogens is 2. The molecule has 3 aromatic rings. The van der Waals surface area contributed by atoms with Gasteiger partial charge in [0.2, 0.25) is 11.8 Å². The number of hydrogen-bond donors (Lipinski definition) is 1. The largest absolute Gasteiger partial charge is 0.354 e. The van der Waals surface area contributed by atoms with Crippen LogP contribution in [0.1, 0.15) is 30.0 Å². The van der Waals surface area contributed by atoms with Gasteiger partial charge >= 0.3 is 0 Å². The lowest BCUT2D eigenvalue weighted by atomic mass is 10.0. The fourth-order valence-corrected chi connectivity index (χ4v) is 3.74. The van der Waals surface area contributed by atoms with Gasteiger partial charge in [-0.1, -0.05) is 79.2 Å². The Kier molecular flexibility index (Phi) is 9.02. The van der Waals surface area contributed by atoms with Crippen LogP contribution >= 0.6 is 11.6 Å². The zero-order chi connectivity index (χ0) is 23.6. The van der Waals surface area contributed by atoms with Crippen molar-refractivity contribution in [3.8, 4) is 0 Å². The van der Waals surface area contributed by atoms with Crippen LogP contribution in [0.2, 0.25) is 5.02 Å². The van der Waals surface area contributed by atoms with E-state index in [1.807, 2.05) is 49.4 Å². The molecule has 2 amide bonds. The van der Waals surface area contributed by atoms with Crippen LogP contribution in [0.3, 0.4) is 0 Å². The Hall–Kier alpha value is -3.18. The van der Waals surface area contributed by atoms with Crippen molar-refractivity contribution in [1.29, 1.82) is 0 Å². The highest BCUT2D eigenvalue weighted by Crippen LogP contribution is 2.19. The summed E-state index contributed by atoms with van der Waals surface area (Å²) in [6.45, 7) is 2.70. The van der Waals surface area contributed by atoms with Crippen LogP contribution in [0.5, 0.6) is 0 Å². The Morgan fingerprint density at radius 1 is 0.939 bits per heavy atom. The van der Waals surface area contributed by atoms with Crippen molar-refractivity contribution in [2.45, 2.75) is 38.8 Å². The second-order valence-electron chi connectivity index (χ2n) is 7.91. The zero-order valence-electron chi connectivity index (χ0n) is 18.6. The third-order valence-corrected chi connectivity index (χ3v) is 5.64. The smallest absolute Gasteiger partial charge is 0.243 e. The lowest BCUT2D eigenvalue weighted by molar-refractivity contribution is -0.140. The van der Waals surface area contributed by atoms with Crippen LogP contribution in [0.4, 0.5) is 4.39 Å². The maximum absolute atomic E-state index is 14.3. The molecule has 0 heterocycles. The molecule has 1 atom stereocenters. The molecule has 3 rings (SSSR count). The maximum Gasteiger partial charge on any atom is 0.243 e. The molecule has 0 aliphatic heterocycles. The number of nitrogens with zero attached hydrogens (tertiary/aromatic N) is 1.